The minimum Gasteiger partial charge on any atom is -0.489 e. The Balaban J connectivity index is 1.59. The fourth-order valence-electron chi connectivity index (χ4n) is 3.25. The largest absolute Gasteiger partial charge is 0.489 e. The monoisotopic (exact) mass is 386 g/mol. The maximum Gasteiger partial charge on any atom is 0.338 e. The van der Waals surface area contributed by atoms with Gasteiger partial charge in [-0.1, -0.05) is 30.3 Å². The van der Waals surface area contributed by atoms with Crippen LogP contribution in [0, 0.1) is 0 Å². The fourth-order valence-corrected chi connectivity index (χ4v) is 3.25. The van der Waals surface area contributed by atoms with Gasteiger partial charge in [0.2, 0.25) is 0 Å². The van der Waals surface area contributed by atoms with Gasteiger partial charge in [-0.05, 0) is 55.0 Å². The second kappa shape index (κ2) is 8.10. The molecular weight excluding hydrogens is 364 g/mol. The molecule has 1 aromatic heterocycles. The van der Waals surface area contributed by atoms with Crippen LogP contribution in [0.3, 0.4) is 0 Å². The molecule has 29 heavy (non-hydrogen) atoms. The molecule has 1 heterocycles. The molecule has 0 saturated heterocycles. The van der Waals surface area contributed by atoms with Gasteiger partial charge in [0.05, 0.1) is 23.4 Å². The van der Waals surface area contributed by atoms with Crippen LogP contribution < -0.4 is 10.5 Å². The van der Waals surface area contributed by atoms with E-state index in [0.717, 1.165) is 27.9 Å². The summed E-state index contributed by atoms with van der Waals surface area (Å²) >= 11 is 0. The van der Waals surface area contributed by atoms with E-state index in [9.17, 15) is 4.79 Å². The van der Waals surface area contributed by atoms with Crippen LogP contribution in [0.15, 0.2) is 79.0 Å². The molecule has 0 radical (unpaired) electrons. The zero-order valence-corrected chi connectivity index (χ0v) is 16.2. The first-order chi connectivity index (χ1) is 14.2. The highest BCUT2D eigenvalue weighted by molar-refractivity contribution is 5.94. The molecule has 0 aliphatic rings. The van der Waals surface area contributed by atoms with Crippen molar-refractivity contribution in [3.05, 3.63) is 90.1 Å². The molecule has 0 fully saturated rings. The molecule has 0 unspecified atom stereocenters. The average molecular weight is 386 g/mol. The van der Waals surface area contributed by atoms with E-state index in [-0.39, 0.29) is 5.97 Å². The molecule has 0 atom stereocenters. The first-order valence-corrected chi connectivity index (χ1v) is 9.50. The number of hydrogen-bond donors (Lipinski definition) is 1. The normalized spacial score (nSPS) is 10.8. The predicted molar refractivity (Wildman–Crippen MR) is 114 cm³/mol. The topological polar surface area (TPSA) is 66.5 Å². The third kappa shape index (κ3) is 3.94. The maximum absolute atomic E-state index is 11.8. The molecule has 0 amide bonds. The highest BCUT2D eigenvalue weighted by atomic mass is 16.5. The van der Waals surface area contributed by atoms with Crippen LogP contribution in [0.5, 0.6) is 5.75 Å². The number of aromatic nitrogens is 1. The van der Waals surface area contributed by atoms with Crippen molar-refractivity contribution in [1.82, 2.24) is 4.57 Å². The standard InChI is InChI=1S/C24H22N2O3/c1-2-28-24(27)18-8-10-19(11-9-18)26-15-22(25)21-14-20(12-13-23(21)26)29-16-17-6-4-3-5-7-17/h3-15H,2,16,25H2,1H3. The first kappa shape index (κ1) is 18.6. The van der Waals surface area contributed by atoms with Crippen LogP contribution >= 0.6 is 0 Å². The second-order valence-corrected chi connectivity index (χ2v) is 6.68. The van der Waals surface area contributed by atoms with E-state index in [0.29, 0.717) is 24.5 Å². The molecule has 4 rings (SSSR count). The SMILES string of the molecule is CCOC(=O)c1ccc(-n2cc(N)c3cc(OCc4ccccc4)ccc32)cc1. The number of nitrogen functional groups attached to an aromatic ring is 1. The van der Waals surface area contributed by atoms with E-state index in [4.69, 9.17) is 15.2 Å². The van der Waals surface area contributed by atoms with Crippen LogP contribution in [0.2, 0.25) is 0 Å². The highest BCUT2D eigenvalue weighted by Crippen LogP contribution is 2.30. The number of rotatable bonds is 6. The van der Waals surface area contributed by atoms with E-state index >= 15 is 0 Å². The first-order valence-electron chi connectivity index (χ1n) is 9.50. The summed E-state index contributed by atoms with van der Waals surface area (Å²) < 4.78 is 13.0. The van der Waals surface area contributed by atoms with Gasteiger partial charge in [0.15, 0.2) is 0 Å². The Hall–Kier alpha value is -3.73. The van der Waals surface area contributed by atoms with Crippen LogP contribution in [0.1, 0.15) is 22.8 Å². The van der Waals surface area contributed by atoms with Gasteiger partial charge in [0, 0.05) is 17.3 Å². The van der Waals surface area contributed by atoms with Gasteiger partial charge in [0.25, 0.3) is 0 Å². The number of benzene rings is 3. The number of ether oxygens (including phenoxy) is 2. The molecule has 0 bridgehead atoms. The van der Waals surface area contributed by atoms with E-state index in [1.807, 2.05) is 71.4 Å². The van der Waals surface area contributed by atoms with Crippen molar-refractivity contribution >= 4 is 22.6 Å². The van der Waals surface area contributed by atoms with Gasteiger partial charge in [0.1, 0.15) is 12.4 Å². The lowest BCUT2D eigenvalue weighted by Crippen LogP contribution is -2.04. The lowest BCUT2D eigenvalue weighted by atomic mass is 10.2. The molecule has 0 aliphatic carbocycles. The Morgan fingerprint density at radius 3 is 2.48 bits per heavy atom. The third-order valence-corrected chi connectivity index (χ3v) is 4.71. The van der Waals surface area contributed by atoms with Gasteiger partial charge in [-0.25, -0.2) is 4.79 Å². The summed E-state index contributed by atoms with van der Waals surface area (Å²) in [5, 5.41) is 0.921. The zero-order chi connectivity index (χ0) is 20.2. The zero-order valence-electron chi connectivity index (χ0n) is 16.2. The summed E-state index contributed by atoms with van der Waals surface area (Å²) in [6.45, 7) is 2.65. The minimum absolute atomic E-state index is 0.323. The summed E-state index contributed by atoms with van der Waals surface area (Å²) in [5.74, 6) is 0.444. The van der Waals surface area contributed by atoms with Crippen LogP contribution in [0.4, 0.5) is 5.69 Å². The summed E-state index contributed by atoms with van der Waals surface area (Å²) in [5.41, 5.74) is 10.4. The Bertz CT molecular complexity index is 1130. The van der Waals surface area contributed by atoms with Crippen molar-refractivity contribution in [2.75, 3.05) is 12.3 Å². The Morgan fingerprint density at radius 2 is 1.76 bits per heavy atom. The number of anilines is 1. The van der Waals surface area contributed by atoms with E-state index in [2.05, 4.69) is 0 Å². The van der Waals surface area contributed by atoms with E-state index in [1.165, 1.54) is 0 Å². The number of fused-ring (bicyclic) bond motifs is 1. The lowest BCUT2D eigenvalue weighted by Gasteiger charge is -2.09. The number of carbonyl (C=O) groups excluding carboxylic acids is 1. The maximum atomic E-state index is 11.8. The van der Waals surface area contributed by atoms with Crippen LogP contribution in [-0.2, 0) is 11.3 Å². The summed E-state index contributed by atoms with van der Waals surface area (Å²) in [6, 6.07) is 23.2. The molecule has 5 nitrogen and oxygen atoms in total. The fraction of sp³-hybridized carbons (Fsp3) is 0.125. The summed E-state index contributed by atoms with van der Waals surface area (Å²) in [6.07, 6.45) is 1.88. The van der Waals surface area contributed by atoms with Crippen molar-refractivity contribution in [2.24, 2.45) is 0 Å². The van der Waals surface area contributed by atoms with Crippen molar-refractivity contribution in [3.8, 4) is 11.4 Å². The lowest BCUT2D eigenvalue weighted by molar-refractivity contribution is 0.0526. The quantitative estimate of drug-likeness (QED) is 0.475. The van der Waals surface area contributed by atoms with Gasteiger partial charge in [-0.15, -0.1) is 0 Å². The molecule has 5 heteroatoms. The van der Waals surface area contributed by atoms with Gasteiger partial charge < -0.3 is 19.8 Å². The third-order valence-electron chi connectivity index (χ3n) is 4.71. The number of hydrogen-bond acceptors (Lipinski definition) is 4. The molecule has 146 valence electrons. The Kier molecular flexibility index (Phi) is 5.20. The second-order valence-electron chi connectivity index (χ2n) is 6.68. The molecule has 3 aromatic carbocycles. The van der Waals surface area contributed by atoms with Crippen LogP contribution in [0.25, 0.3) is 16.6 Å². The van der Waals surface area contributed by atoms with E-state index in [1.54, 1.807) is 19.1 Å². The van der Waals surface area contributed by atoms with Gasteiger partial charge >= 0.3 is 5.97 Å². The molecule has 0 saturated carbocycles. The summed E-state index contributed by atoms with van der Waals surface area (Å²) in [7, 11) is 0. The van der Waals surface area contributed by atoms with E-state index < -0.39 is 0 Å². The molecule has 2 N–H and O–H groups in total. The minimum atomic E-state index is -0.323. The Morgan fingerprint density at radius 1 is 1.00 bits per heavy atom. The number of carbonyl (C=O) groups is 1. The van der Waals surface area contributed by atoms with Crippen molar-refractivity contribution in [1.29, 1.82) is 0 Å². The predicted octanol–water partition coefficient (Wildman–Crippen LogP) is 4.97. The molecule has 0 aliphatic heterocycles. The number of nitrogens with zero attached hydrogens (tertiary/aromatic N) is 1. The van der Waals surface area contributed by atoms with Gasteiger partial charge in [-0.2, -0.15) is 0 Å². The highest BCUT2D eigenvalue weighted by Gasteiger charge is 2.11. The molecule has 0 spiro atoms. The Labute approximate surface area is 169 Å². The molecular formula is C24H22N2O3. The smallest absolute Gasteiger partial charge is 0.338 e. The number of esters is 1. The summed E-state index contributed by atoms with van der Waals surface area (Å²) in [4.78, 5) is 11.8. The van der Waals surface area contributed by atoms with Crippen LogP contribution in [-0.4, -0.2) is 17.1 Å². The molecule has 4 aromatic rings. The van der Waals surface area contributed by atoms with Crippen molar-refractivity contribution < 1.29 is 14.3 Å². The van der Waals surface area contributed by atoms with Crippen molar-refractivity contribution in [2.45, 2.75) is 13.5 Å². The number of nitrogens with two attached hydrogens (primary N) is 1. The van der Waals surface area contributed by atoms with Gasteiger partial charge in [-0.3, -0.25) is 0 Å². The average Bonchev–Trinajstić information content (AvgIpc) is 3.09. The van der Waals surface area contributed by atoms with Crippen molar-refractivity contribution in [3.63, 3.8) is 0 Å².